The van der Waals surface area contributed by atoms with Crippen LogP contribution < -0.4 is 4.74 Å². The summed E-state index contributed by atoms with van der Waals surface area (Å²) in [6, 6.07) is 8.14. The molecule has 1 heterocycles. The van der Waals surface area contributed by atoms with Crippen LogP contribution in [0.1, 0.15) is 34.6 Å². The van der Waals surface area contributed by atoms with Crippen LogP contribution >= 0.6 is 11.8 Å². The van der Waals surface area contributed by atoms with Crippen molar-refractivity contribution >= 4 is 17.7 Å². The number of benzene rings is 1. The molecule has 5 nitrogen and oxygen atoms in total. The molecular formula is C19H27N3O2S. The Balaban J connectivity index is 2.18. The standard InChI is InChI=1S/C19H27N3O2S/c1-13(2)22(14(3)4)18(23)15(5)25-19-20-11-12-21(19)16-7-9-17(24-6)10-8-16/h7-15H,1-6H3. The first kappa shape index (κ1) is 19.4. The smallest absolute Gasteiger partial charge is 0.236 e. The van der Waals surface area contributed by atoms with Crippen molar-refractivity contribution < 1.29 is 9.53 Å². The van der Waals surface area contributed by atoms with Crippen LogP contribution in [0.25, 0.3) is 5.69 Å². The Bertz CT molecular complexity index is 687. The van der Waals surface area contributed by atoms with Crippen LogP contribution in [0.15, 0.2) is 41.8 Å². The molecule has 1 aromatic carbocycles. The first-order valence-electron chi connectivity index (χ1n) is 8.51. The number of carbonyl (C=O) groups is 1. The van der Waals surface area contributed by atoms with Gasteiger partial charge >= 0.3 is 0 Å². The summed E-state index contributed by atoms with van der Waals surface area (Å²) in [5.41, 5.74) is 0.991. The minimum Gasteiger partial charge on any atom is -0.497 e. The molecule has 0 fully saturated rings. The summed E-state index contributed by atoms with van der Waals surface area (Å²) in [5, 5.41) is 0.600. The Morgan fingerprint density at radius 3 is 2.24 bits per heavy atom. The summed E-state index contributed by atoms with van der Waals surface area (Å²) < 4.78 is 7.19. The third-order valence-electron chi connectivity index (χ3n) is 3.95. The van der Waals surface area contributed by atoms with Crippen LogP contribution in [0, 0.1) is 0 Å². The largest absolute Gasteiger partial charge is 0.497 e. The third-order valence-corrected chi connectivity index (χ3v) is 5.02. The number of hydrogen-bond acceptors (Lipinski definition) is 4. The van der Waals surface area contributed by atoms with Gasteiger partial charge in [-0.05, 0) is 58.9 Å². The highest BCUT2D eigenvalue weighted by molar-refractivity contribution is 8.00. The Labute approximate surface area is 154 Å². The highest BCUT2D eigenvalue weighted by Gasteiger charge is 2.26. The van der Waals surface area contributed by atoms with Crippen LogP contribution in [0.2, 0.25) is 0 Å². The summed E-state index contributed by atoms with van der Waals surface area (Å²) >= 11 is 1.48. The van der Waals surface area contributed by atoms with E-state index in [2.05, 4.69) is 4.98 Å². The summed E-state index contributed by atoms with van der Waals surface area (Å²) in [4.78, 5) is 19.2. The second-order valence-electron chi connectivity index (χ2n) is 6.47. The van der Waals surface area contributed by atoms with Crippen LogP contribution in [0.5, 0.6) is 5.75 Å². The van der Waals surface area contributed by atoms with Gasteiger partial charge in [-0.25, -0.2) is 4.98 Å². The van der Waals surface area contributed by atoms with Crippen molar-refractivity contribution in [2.24, 2.45) is 0 Å². The monoisotopic (exact) mass is 361 g/mol. The van der Waals surface area contributed by atoms with Crippen LogP contribution in [0.4, 0.5) is 0 Å². The van der Waals surface area contributed by atoms with Gasteiger partial charge in [0.2, 0.25) is 5.91 Å². The average molecular weight is 362 g/mol. The third kappa shape index (κ3) is 4.57. The van der Waals surface area contributed by atoms with Crippen LogP contribution in [0.3, 0.4) is 0 Å². The van der Waals surface area contributed by atoms with Gasteiger partial charge in [-0.1, -0.05) is 11.8 Å². The molecule has 0 aliphatic rings. The Kier molecular flexibility index (Phi) is 6.53. The zero-order valence-corrected chi connectivity index (χ0v) is 16.6. The maximum absolute atomic E-state index is 12.8. The van der Waals surface area contributed by atoms with E-state index in [0.29, 0.717) is 0 Å². The minimum atomic E-state index is -0.204. The van der Waals surface area contributed by atoms with Gasteiger partial charge in [-0.15, -0.1) is 0 Å². The summed E-state index contributed by atoms with van der Waals surface area (Å²) in [6.45, 7) is 10.1. The van der Waals surface area contributed by atoms with Gasteiger partial charge in [-0.2, -0.15) is 0 Å². The van der Waals surface area contributed by atoms with Gasteiger partial charge < -0.3 is 9.64 Å². The molecule has 136 valence electrons. The fourth-order valence-corrected chi connectivity index (χ4v) is 3.78. The van der Waals surface area contributed by atoms with Crippen molar-refractivity contribution in [2.75, 3.05) is 7.11 Å². The van der Waals surface area contributed by atoms with E-state index >= 15 is 0 Å². The minimum absolute atomic E-state index is 0.138. The van der Waals surface area contributed by atoms with E-state index in [1.54, 1.807) is 13.3 Å². The molecule has 0 bridgehead atoms. The van der Waals surface area contributed by atoms with Crippen molar-refractivity contribution in [3.8, 4) is 11.4 Å². The van der Waals surface area contributed by atoms with E-state index in [4.69, 9.17) is 4.74 Å². The highest BCUT2D eigenvalue weighted by atomic mass is 32.2. The molecule has 1 amide bonds. The fraction of sp³-hybridized carbons (Fsp3) is 0.474. The number of imidazole rings is 1. The topological polar surface area (TPSA) is 47.4 Å². The predicted molar refractivity (Wildman–Crippen MR) is 103 cm³/mol. The van der Waals surface area contributed by atoms with Gasteiger partial charge in [0.1, 0.15) is 5.75 Å². The zero-order chi connectivity index (χ0) is 18.6. The molecular weight excluding hydrogens is 334 g/mol. The Morgan fingerprint density at radius 1 is 1.12 bits per heavy atom. The van der Waals surface area contributed by atoms with Crippen LogP contribution in [-0.4, -0.2) is 44.8 Å². The first-order chi connectivity index (χ1) is 11.8. The van der Waals surface area contributed by atoms with Gasteiger partial charge in [0.15, 0.2) is 5.16 Å². The number of amides is 1. The molecule has 1 aromatic heterocycles. The summed E-state index contributed by atoms with van der Waals surface area (Å²) in [7, 11) is 1.65. The molecule has 0 spiro atoms. The van der Waals surface area contributed by atoms with Crippen molar-refractivity contribution in [2.45, 2.75) is 57.1 Å². The number of rotatable bonds is 7. The van der Waals surface area contributed by atoms with E-state index in [9.17, 15) is 4.79 Å². The lowest BCUT2D eigenvalue weighted by atomic mass is 10.2. The van der Waals surface area contributed by atoms with Gasteiger partial charge in [0.25, 0.3) is 0 Å². The van der Waals surface area contributed by atoms with Gasteiger partial charge in [0.05, 0.1) is 12.4 Å². The number of carbonyl (C=O) groups excluding carboxylic acids is 1. The van der Waals surface area contributed by atoms with Crippen LogP contribution in [-0.2, 0) is 4.79 Å². The lowest BCUT2D eigenvalue weighted by molar-refractivity contribution is -0.133. The van der Waals surface area contributed by atoms with E-state index in [1.165, 1.54) is 11.8 Å². The SMILES string of the molecule is COc1ccc(-n2ccnc2SC(C)C(=O)N(C(C)C)C(C)C)cc1. The van der Waals surface area contributed by atoms with Gasteiger partial charge in [-0.3, -0.25) is 9.36 Å². The molecule has 0 radical (unpaired) electrons. The number of thioether (sulfide) groups is 1. The van der Waals surface area contributed by atoms with Crippen molar-refractivity contribution in [1.82, 2.24) is 14.5 Å². The summed E-state index contributed by atoms with van der Waals surface area (Å²) in [5.74, 6) is 0.949. The molecule has 0 aliphatic carbocycles. The predicted octanol–water partition coefficient (Wildman–Crippen LogP) is 4.01. The molecule has 25 heavy (non-hydrogen) atoms. The number of hydrogen-bond donors (Lipinski definition) is 0. The molecule has 0 saturated heterocycles. The molecule has 1 atom stereocenters. The van der Waals surface area contributed by atoms with E-state index in [0.717, 1.165) is 16.6 Å². The molecule has 2 rings (SSSR count). The van der Waals surface area contributed by atoms with E-state index < -0.39 is 0 Å². The molecule has 2 aromatic rings. The van der Waals surface area contributed by atoms with Crippen molar-refractivity contribution in [1.29, 1.82) is 0 Å². The number of ether oxygens (including phenoxy) is 1. The summed E-state index contributed by atoms with van der Waals surface area (Å²) in [6.07, 6.45) is 3.66. The second-order valence-corrected chi connectivity index (χ2v) is 7.78. The molecule has 6 heteroatoms. The second kappa shape index (κ2) is 8.43. The molecule has 0 N–H and O–H groups in total. The van der Waals surface area contributed by atoms with Crippen molar-refractivity contribution in [3.63, 3.8) is 0 Å². The molecule has 0 aliphatic heterocycles. The molecule has 1 unspecified atom stereocenters. The van der Waals surface area contributed by atoms with E-state index in [-0.39, 0.29) is 23.2 Å². The maximum Gasteiger partial charge on any atom is 0.236 e. The lowest BCUT2D eigenvalue weighted by Crippen LogP contribution is -2.45. The zero-order valence-electron chi connectivity index (χ0n) is 15.8. The lowest BCUT2D eigenvalue weighted by Gasteiger charge is -2.32. The molecule has 0 saturated carbocycles. The Morgan fingerprint density at radius 2 is 1.72 bits per heavy atom. The Hall–Kier alpha value is -1.95. The van der Waals surface area contributed by atoms with Crippen molar-refractivity contribution in [3.05, 3.63) is 36.7 Å². The number of aromatic nitrogens is 2. The number of nitrogens with zero attached hydrogens (tertiary/aromatic N) is 3. The van der Waals surface area contributed by atoms with Gasteiger partial charge in [0, 0.05) is 30.2 Å². The fourth-order valence-electron chi connectivity index (χ4n) is 2.84. The highest BCUT2D eigenvalue weighted by Crippen LogP contribution is 2.27. The quantitative estimate of drug-likeness (QED) is 0.699. The first-order valence-corrected chi connectivity index (χ1v) is 9.39. The maximum atomic E-state index is 12.8. The van der Waals surface area contributed by atoms with E-state index in [1.807, 2.05) is 74.5 Å². The normalized spacial score (nSPS) is 12.5. The number of methoxy groups -OCH3 is 1. The average Bonchev–Trinajstić information content (AvgIpc) is 3.02.